The number of nitrogen functional groups attached to an aromatic ring is 1. The summed E-state index contributed by atoms with van der Waals surface area (Å²) in [5, 5.41) is 4.12. The van der Waals surface area contributed by atoms with Crippen LogP contribution < -0.4 is 10.5 Å². The average Bonchev–Trinajstić information content (AvgIpc) is 2.99. The number of nitrogens with one attached hydrogen (secondary N) is 1. The zero-order valence-electron chi connectivity index (χ0n) is 10.7. The van der Waals surface area contributed by atoms with Crippen LogP contribution in [-0.2, 0) is 16.6 Å². The summed E-state index contributed by atoms with van der Waals surface area (Å²) in [7, 11) is -3.77. The molecule has 0 radical (unpaired) electrons. The number of hydrogen-bond acceptors (Lipinski definition) is 7. The number of fused-ring (bicyclic) bond motifs is 1. The third-order valence-corrected chi connectivity index (χ3v) is 4.32. The number of rotatable bonds is 4. The van der Waals surface area contributed by atoms with Crippen LogP contribution in [0, 0.1) is 0 Å². The largest absolute Gasteiger partial charge is 0.398 e. The van der Waals surface area contributed by atoms with Gasteiger partial charge in [0.25, 0.3) is 0 Å². The van der Waals surface area contributed by atoms with Gasteiger partial charge in [0.05, 0.1) is 12.1 Å². The van der Waals surface area contributed by atoms with Crippen molar-refractivity contribution in [1.29, 1.82) is 0 Å². The molecule has 0 saturated heterocycles. The Morgan fingerprint density at radius 2 is 2.10 bits per heavy atom. The minimum absolute atomic E-state index is 0.0517. The highest BCUT2D eigenvalue weighted by Gasteiger charge is 2.19. The second kappa shape index (κ2) is 5.11. The van der Waals surface area contributed by atoms with E-state index >= 15 is 0 Å². The van der Waals surface area contributed by atoms with Crippen molar-refractivity contribution in [2.75, 3.05) is 5.73 Å². The third-order valence-electron chi connectivity index (χ3n) is 2.88. The van der Waals surface area contributed by atoms with E-state index in [9.17, 15) is 8.42 Å². The second-order valence-electron chi connectivity index (χ2n) is 4.22. The zero-order chi connectivity index (χ0) is 14.9. The number of sulfonamides is 1. The molecular weight excluding hydrogens is 294 g/mol. The van der Waals surface area contributed by atoms with Crippen molar-refractivity contribution < 1.29 is 12.9 Å². The fourth-order valence-corrected chi connectivity index (χ4v) is 3.03. The predicted octanol–water partition coefficient (Wildman–Crippen LogP) is 0.678. The fraction of sp³-hybridized carbons (Fsp3) is 0.0833. The molecule has 108 valence electrons. The van der Waals surface area contributed by atoms with Gasteiger partial charge in [0.2, 0.25) is 16.4 Å². The molecule has 0 aliphatic heterocycles. The summed E-state index contributed by atoms with van der Waals surface area (Å²) in [6.07, 6.45) is 2.64. The molecule has 0 fully saturated rings. The van der Waals surface area contributed by atoms with Gasteiger partial charge < -0.3 is 10.3 Å². The normalized spacial score (nSPS) is 11.8. The average molecular weight is 305 g/mol. The first-order valence-electron chi connectivity index (χ1n) is 5.96. The Morgan fingerprint density at radius 1 is 1.24 bits per heavy atom. The van der Waals surface area contributed by atoms with Gasteiger partial charge in [-0.1, -0.05) is 5.16 Å². The van der Waals surface area contributed by atoms with Crippen molar-refractivity contribution in [3.05, 3.63) is 42.7 Å². The molecular formula is C12H11N5O3S. The lowest BCUT2D eigenvalue weighted by atomic mass is 10.2. The molecule has 0 spiro atoms. The van der Waals surface area contributed by atoms with Gasteiger partial charge in [0, 0.05) is 17.3 Å². The standard InChI is InChI=1S/C12H11N5O3S/c13-9-3-4-10(12-8(9)2-1-5-14-12)21(18,19)16-6-11-15-7-20-17-11/h1-5,7,16H,6,13H2. The first-order chi connectivity index (χ1) is 10.1. The first-order valence-corrected chi connectivity index (χ1v) is 7.44. The molecule has 9 heteroatoms. The van der Waals surface area contributed by atoms with Crippen LogP contribution in [0.4, 0.5) is 5.69 Å². The van der Waals surface area contributed by atoms with Crippen molar-refractivity contribution in [2.24, 2.45) is 0 Å². The van der Waals surface area contributed by atoms with E-state index in [1.807, 2.05) is 0 Å². The van der Waals surface area contributed by atoms with Crippen LogP contribution >= 0.6 is 0 Å². The van der Waals surface area contributed by atoms with Crippen LogP contribution in [0.15, 0.2) is 46.3 Å². The number of hydrogen-bond donors (Lipinski definition) is 2. The van der Waals surface area contributed by atoms with E-state index in [0.717, 1.165) is 6.39 Å². The van der Waals surface area contributed by atoms with Crippen molar-refractivity contribution in [2.45, 2.75) is 11.4 Å². The highest BCUT2D eigenvalue weighted by Crippen LogP contribution is 2.25. The Hall–Kier alpha value is -2.52. The van der Waals surface area contributed by atoms with Crippen LogP contribution in [0.1, 0.15) is 5.82 Å². The van der Waals surface area contributed by atoms with E-state index in [4.69, 9.17) is 5.73 Å². The Labute approximate surface area is 120 Å². The summed E-state index contributed by atoms with van der Waals surface area (Å²) >= 11 is 0. The number of nitrogens with two attached hydrogens (primary N) is 1. The van der Waals surface area contributed by atoms with E-state index in [1.165, 1.54) is 18.3 Å². The minimum Gasteiger partial charge on any atom is -0.398 e. The number of benzene rings is 1. The van der Waals surface area contributed by atoms with Crippen LogP contribution in [0.3, 0.4) is 0 Å². The summed E-state index contributed by atoms with van der Waals surface area (Å²) in [5.41, 5.74) is 6.62. The Kier molecular flexibility index (Phi) is 3.28. The van der Waals surface area contributed by atoms with Crippen molar-refractivity contribution >= 4 is 26.6 Å². The van der Waals surface area contributed by atoms with E-state index < -0.39 is 10.0 Å². The third kappa shape index (κ3) is 2.56. The van der Waals surface area contributed by atoms with Crippen LogP contribution in [-0.4, -0.2) is 23.5 Å². The van der Waals surface area contributed by atoms with Gasteiger partial charge in [0.1, 0.15) is 4.90 Å². The number of nitrogens with zero attached hydrogens (tertiary/aromatic N) is 3. The maximum absolute atomic E-state index is 12.4. The number of aromatic nitrogens is 3. The first kappa shape index (κ1) is 13.5. The summed E-state index contributed by atoms with van der Waals surface area (Å²) in [6.45, 7) is -0.0719. The molecule has 0 aliphatic carbocycles. The topological polar surface area (TPSA) is 124 Å². The summed E-state index contributed by atoms with van der Waals surface area (Å²) < 4.78 is 31.7. The Balaban J connectivity index is 2.01. The molecule has 2 aromatic heterocycles. The second-order valence-corrected chi connectivity index (χ2v) is 5.96. The molecule has 3 aromatic rings. The van der Waals surface area contributed by atoms with Crippen LogP contribution in [0.2, 0.25) is 0 Å². The molecule has 2 heterocycles. The Bertz CT molecular complexity index is 877. The monoisotopic (exact) mass is 305 g/mol. The van der Waals surface area contributed by atoms with E-state index in [2.05, 4.69) is 24.4 Å². The maximum atomic E-state index is 12.4. The lowest BCUT2D eigenvalue weighted by Crippen LogP contribution is -2.24. The highest BCUT2D eigenvalue weighted by molar-refractivity contribution is 7.89. The van der Waals surface area contributed by atoms with Gasteiger partial charge in [-0.25, -0.2) is 13.1 Å². The molecule has 21 heavy (non-hydrogen) atoms. The van der Waals surface area contributed by atoms with Gasteiger partial charge in [-0.15, -0.1) is 0 Å². The smallest absolute Gasteiger partial charge is 0.243 e. The minimum atomic E-state index is -3.77. The fourth-order valence-electron chi connectivity index (χ4n) is 1.89. The lowest BCUT2D eigenvalue weighted by Gasteiger charge is -2.09. The number of pyridine rings is 1. The summed E-state index contributed by atoms with van der Waals surface area (Å²) in [5.74, 6) is 0.242. The SMILES string of the molecule is Nc1ccc(S(=O)(=O)NCc2ncon2)c2ncccc12. The summed E-state index contributed by atoms with van der Waals surface area (Å²) in [6, 6.07) is 6.37. The Morgan fingerprint density at radius 3 is 2.86 bits per heavy atom. The predicted molar refractivity (Wildman–Crippen MR) is 74.5 cm³/mol. The number of anilines is 1. The zero-order valence-corrected chi connectivity index (χ0v) is 11.5. The molecule has 0 saturated carbocycles. The van der Waals surface area contributed by atoms with E-state index in [0.29, 0.717) is 16.6 Å². The highest BCUT2D eigenvalue weighted by atomic mass is 32.2. The molecule has 0 aliphatic rings. The molecule has 1 aromatic carbocycles. The van der Waals surface area contributed by atoms with Crippen molar-refractivity contribution in [1.82, 2.24) is 19.8 Å². The van der Waals surface area contributed by atoms with Gasteiger partial charge in [-0.2, -0.15) is 4.98 Å². The molecule has 0 bridgehead atoms. The van der Waals surface area contributed by atoms with E-state index in [-0.39, 0.29) is 17.3 Å². The molecule has 3 rings (SSSR count). The van der Waals surface area contributed by atoms with Gasteiger partial charge >= 0.3 is 0 Å². The van der Waals surface area contributed by atoms with Gasteiger partial charge in [0.15, 0.2) is 5.82 Å². The summed E-state index contributed by atoms with van der Waals surface area (Å²) in [4.78, 5) is 7.91. The van der Waals surface area contributed by atoms with Crippen LogP contribution in [0.25, 0.3) is 10.9 Å². The van der Waals surface area contributed by atoms with Crippen molar-refractivity contribution in [3.8, 4) is 0 Å². The quantitative estimate of drug-likeness (QED) is 0.679. The molecule has 0 unspecified atom stereocenters. The van der Waals surface area contributed by atoms with Gasteiger partial charge in [-0.3, -0.25) is 4.98 Å². The van der Waals surface area contributed by atoms with Crippen molar-refractivity contribution in [3.63, 3.8) is 0 Å². The molecule has 3 N–H and O–H groups in total. The molecule has 0 atom stereocenters. The molecule has 0 amide bonds. The lowest BCUT2D eigenvalue weighted by molar-refractivity contribution is 0.409. The van der Waals surface area contributed by atoms with Crippen LogP contribution in [0.5, 0.6) is 0 Å². The van der Waals surface area contributed by atoms with Gasteiger partial charge in [-0.05, 0) is 24.3 Å². The van der Waals surface area contributed by atoms with E-state index in [1.54, 1.807) is 12.1 Å². The molecule has 8 nitrogen and oxygen atoms in total. The maximum Gasteiger partial charge on any atom is 0.243 e.